The van der Waals surface area contributed by atoms with Gasteiger partial charge in [0, 0.05) is 17.3 Å². The highest BCUT2D eigenvalue weighted by Gasteiger charge is 2.13. The fourth-order valence-electron chi connectivity index (χ4n) is 1.41. The largest absolute Gasteiger partial charge is 0.399 e. The van der Waals surface area contributed by atoms with Crippen LogP contribution >= 0.6 is 0 Å². The monoisotopic (exact) mass is 230 g/mol. The number of hydrogen-bond donors (Lipinski definition) is 2. The Morgan fingerprint density at radius 2 is 1.94 bits per heavy atom. The Labute approximate surface area is 104 Å². The molecule has 0 heterocycles. The molecule has 1 unspecified atom stereocenters. The van der Waals surface area contributed by atoms with Crippen LogP contribution in [-0.4, -0.2) is 19.8 Å². The van der Waals surface area contributed by atoms with Crippen LogP contribution < -0.4 is 16.5 Å². The van der Waals surface area contributed by atoms with Crippen LogP contribution in [0.2, 0.25) is 0 Å². The van der Waals surface area contributed by atoms with Crippen molar-refractivity contribution < 1.29 is 4.79 Å². The number of nitrogens with two attached hydrogens (primary N) is 1. The predicted molar refractivity (Wildman–Crippen MR) is 72.7 cm³/mol. The summed E-state index contributed by atoms with van der Waals surface area (Å²) in [6, 6.07) is 3.50. The van der Waals surface area contributed by atoms with Crippen molar-refractivity contribution in [3.05, 3.63) is 23.3 Å². The van der Waals surface area contributed by atoms with E-state index >= 15 is 0 Å². The minimum Gasteiger partial charge on any atom is -0.399 e. The highest BCUT2D eigenvalue weighted by molar-refractivity contribution is 6.36. The van der Waals surface area contributed by atoms with E-state index < -0.39 is 0 Å². The number of carbonyl (C=O) groups excluding carboxylic acids is 1. The molecule has 0 spiro atoms. The smallest absolute Gasteiger partial charge is 0.251 e. The Kier molecular flexibility index (Phi) is 4.21. The lowest BCUT2D eigenvalue weighted by Gasteiger charge is -2.18. The number of nitrogen functional groups attached to an aromatic ring is 1. The van der Waals surface area contributed by atoms with Crippen molar-refractivity contribution in [2.45, 2.75) is 33.7 Å². The van der Waals surface area contributed by atoms with Gasteiger partial charge in [0.05, 0.1) is 0 Å². The van der Waals surface area contributed by atoms with Crippen LogP contribution in [0.4, 0.5) is 5.69 Å². The Balaban J connectivity index is 2.90. The van der Waals surface area contributed by atoms with Crippen molar-refractivity contribution in [3.8, 4) is 0 Å². The number of anilines is 1. The van der Waals surface area contributed by atoms with Gasteiger partial charge in [0.25, 0.3) is 5.91 Å². The maximum atomic E-state index is 12.0. The first kappa shape index (κ1) is 13.6. The number of aryl methyl sites for hydroxylation is 1. The minimum absolute atomic E-state index is 0.110. The van der Waals surface area contributed by atoms with Gasteiger partial charge in [0.2, 0.25) is 0 Å². The maximum absolute atomic E-state index is 12.0. The van der Waals surface area contributed by atoms with Crippen molar-refractivity contribution in [1.82, 2.24) is 5.32 Å². The second kappa shape index (κ2) is 5.26. The van der Waals surface area contributed by atoms with Gasteiger partial charge >= 0.3 is 0 Å². The van der Waals surface area contributed by atoms with Crippen molar-refractivity contribution in [3.63, 3.8) is 0 Å². The zero-order valence-corrected chi connectivity index (χ0v) is 10.9. The molecule has 0 fully saturated rings. The minimum atomic E-state index is -0.110. The normalized spacial score (nSPS) is 12.5. The van der Waals surface area contributed by atoms with Gasteiger partial charge < -0.3 is 11.1 Å². The second-order valence-corrected chi connectivity index (χ2v) is 4.80. The average molecular weight is 230 g/mol. The van der Waals surface area contributed by atoms with E-state index in [1.807, 2.05) is 13.8 Å². The maximum Gasteiger partial charge on any atom is 0.251 e. The molecule has 1 aromatic carbocycles. The summed E-state index contributed by atoms with van der Waals surface area (Å²) < 4.78 is 0. The van der Waals surface area contributed by atoms with Crippen molar-refractivity contribution in [1.29, 1.82) is 0 Å². The highest BCUT2D eigenvalue weighted by atomic mass is 16.1. The number of hydrogen-bond acceptors (Lipinski definition) is 2. The molecule has 4 heteroatoms. The fourth-order valence-corrected chi connectivity index (χ4v) is 1.41. The van der Waals surface area contributed by atoms with Crippen LogP contribution in [0.25, 0.3) is 0 Å². The molecule has 90 valence electrons. The summed E-state index contributed by atoms with van der Waals surface area (Å²) in [6.07, 6.45) is 0. The Morgan fingerprint density at radius 1 is 1.35 bits per heavy atom. The van der Waals surface area contributed by atoms with Crippen LogP contribution in [0.15, 0.2) is 12.1 Å². The molecule has 1 aromatic rings. The van der Waals surface area contributed by atoms with E-state index in [1.54, 1.807) is 12.1 Å². The van der Waals surface area contributed by atoms with Crippen LogP contribution in [0.5, 0.6) is 0 Å². The van der Waals surface area contributed by atoms with Crippen molar-refractivity contribution in [2.75, 3.05) is 5.73 Å². The fraction of sp³-hybridized carbons (Fsp3) is 0.462. The molecule has 1 amide bonds. The summed E-state index contributed by atoms with van der Waals surface area (Å²) in [6.45, 7) is 7.95. The Bertz CT molecular complexity index is 406. The molecule has 3 nitrogen and oxygen atoms in total. The number of amides is 1. The first-order valence-electron chi connectivity index (χ1n) is 5.79. The molecule has 1 rings (SSSR count). The number of nitrogens with one attached hydrogen (secondary N) is 1. The molecule has 1 atom stereocenters. The van der Waals surface area contributed by atoms with E-state index in [2.05, 4.69) is 19.2 Å². The lowest BCUT2D eigenvalue weighted by atomic mass is 9.88. The van der Waals surface area contributed by atoms with Gasteiger partial charge in [0.15, 0.2) is 0 Å². The number of benzene rings is 1. The molecule has 0 saturated heterocycles. The predicted octanol–water partition coefficient (Wildman–Crippen LogP) is 1.15. The van der Waals surface area contributed by atoms with Crippen LogP contribution in [0.1, 0.15) is 36.7 Å². The lowest BCUT2D eigenvalue weighted by molar-refractivity contribution is 0.0930. The third kappa shape index (κ3) is 3.25. The van der Waals surface area contributed by atoms with E-state index in [4.69, 9.17) is 13.6 Å². The summed E-state index contributed by atoms with van der Waals surface area (Å²) in [5.74, 6) is 0.284. The van der Waals surface area contributed by atoms with Gasteiger partial charge in [-0.15, -0.1) is 0 Å². The van der Waals surface area contributed by atoms with E-state index in [0.717, 1.165) is 5.56 Å². The molecule has 0 saturated carbocycles. The van der Waals surface area contributed by atoms with Crippen molar-refractivity contribution >= 4 is 24.9 Å². The van der Waals surface area contributed by atoms with Crippen molar-refractivity contribution in [2.24, 2.45) is 5.92 Å². The summed E-state index contributed by atoms with van der Waals surface area (Å²) in [7, 11) is 5.74. The van der Waals surface area contributed by atoms with Crippen LogP contribution in [0.3, 0.4) is 0 Å². The molecule has 0 bridgehead atoms. The molecule has 2 radical (unpaired) electrons. The van der Waals surface area contributed by atoms with Gasteiger partial charge in [-0.3, -0.25) is 4.79 Å². The first-order valence-corrected chi connectivity index (χ1v) is 5.79. The van der Waals surface area contributed by atoms with Crippen LogP contribution in [0, 0.1) is 12.8 Å². The molecular weight excluding hydrogens is 211 g/mol. The number of rotatable bonds is 3. The molecule has 17 heavy (non-hydrogen) atoms. The highest BCUT2D eigenvalue weighted by Crippen LogP contribution is 2.09. The van der Waals surface area contributed by atoms with E-state index in [0.29, 0.717) is 22.6 Å². The Morgan fingerprint density at radius 3 is 2.41 bits per heavy atom. The summed E-state index contributed by atoms with van der Waals surface area (Å²) in [5, 5.41) is 2.93. The van der Waals surface area contributed by atoms with Gasteiger partial charge in [-0.05, 0) is 31.9 Å². The Hall–Kier alpha value is -1.45. The number of carbonyl (C=O) groups is 1. The SMILES string of the molecule is [B]c1c(C)cc(C(=O)NC(C)C(C)C)cc1N. The van der Waals surface area contributed by atoms with E-state index in [1.165, 1.54) is 0 Å². The zero-order chi connectivity index (χ0) is 13.2. The van der Waals surface area contributed by atoms with Gasteiger partial charge in [-0.25, -0.2) is 0 Å². The van der Waals surface area contributed by atoms with E-state index in [-0.39, 0.29) is 11.9 Å². The third-order valence-corrected chi connectivity index (χ3v) is 3.04. The standard InChI is InChI=1S/C13H19BN2O/c1-7(2)9(4)16-13(17)10-5-8(3)12(14)11(15)6-10/h5-7,9H,15H2,1-4H3,(H,16,17). The topological polar surface area (TPSA) is 55.1 Å². The molecule has 0 aliphatic carbocycles. The average Bonchev–Trinajstić information content (AvgIpc) is 2.24. The summed E-state index contributed by atoms with van der Waals surface area (Å²) in [5.41, 5.74) is 8.12. The molecule has 0 aromatic heterocycles. The summed E-state index contributed by atoms with van der Waals surface area (Å²) >= 11 is 0. The lowest BCUT2D eigenvalue weighted by Crippen LogP contribution is -2.36. The van der Waals surface area contributed by atoms with Crippen LogP contribution in [-0.2, 0) is 0 Å². The van der Waals surface area contributed by atoms with Gasteiger partial charge in [-0.1, -0.05) is 24.9 Å². The first-order chi connectivity index (χ1) is 7.82. The van der Waals surface area contributed by atoms with Gasteiger partial charge in [0.1, 0.15) is 7.85 Å². The molecular formula is C13H19BN2O. The van der Waals surface area contributed by atoms with Gasteiger partial charge in [-0.2, -0.15) is 0 Å². The molecule has 3 N–H and O–H groups in total. The summed E-state index contributed by atoms with van der Waals surface area (Å²) in [4.78, 5) is 12.0. The molecule has 0 aliphatic rings. The third-order valence-electron chi connectivity index (χ3n) is 3.04. The zero-order valence-electron chi connectivity index (χ0n) is 10.9. The quantitative estimate of drug-likeness (QED) is 0.604. The van der Waals surface area contributed by atoms with E-state index in [9.17, 15) is 4.79 Å². The second-order valence-electron chi connectivity index (χ2n) is 4.80. The molecule has 0 aliphatic heterocycles.